The van der Waals surface area contributed by atoms with Crippen LogP contribution in [0, 0.1) is 12.8 Å². The molecule has 2 aliphatic heterocycles. The van der Waals surface area contributed by atoms with Crippen molar-refractivity contribution in [1.29, 1.82) is 0 Å². The molecule has 4 heteroatoms. The van der Waals surface area contributed by atoms with E-state index in [4.69, 9.17) is 9.47 Å². The highest BCUT2D eigenvalue weighted by molar-refractivity contribution is 7.10. The quantitative estimate of drug-likeness (QED) is 0.910. The SMILES string of the molecule is Cc1ccsc1C(C)(O)C1CCOC2(CCOCC2)C1. The molecule has 2 aliphatic rings. The average molecular weight is 296 g/mol. The van der Waals surface area contributed by atoms with Crippen molar-refractivity contribution in [2.45, 2.75) is 50.7 Å². The first kappa shape index (κ1) is 14.5. The van der Waals surface area contributed by atoms with Crippen molar-refractivity contribution < 1.29 is 14.6 Å². The fourth-order valence-electron chi connectivity index (χ4n) is 3.68. The molecule has 0 saturated carbocycles. The Hall–Kier alpha value is -0.420. The highest BCUT2D eigenvalue weighted by atomic mass is 32.1. The maximum absolute atomic E-state index is 11.1. The van der Waals surface area contributed by atoms with Gasteiger partial charge >= 0.3 is 0 Å². The summed E-state index contributed by atoms with van der Waals surface area (Å²) in [7, 11) is 0. The van der Waals surface area contributed by atoms with Crippen molar-refractivity contribution in [2.75, 3.05) is 19.8 Å². The lowest BCUT2D eigenvalue weighted by Crippen LogP contribution is -2.48. The third-order valence-electron chi connectivity index (χ3n) is 5.01. The summed E-state index contributed by atoms with van der Waals surface area (Å²) in [6, 6.07) is 2.10. The minimum absolute atomic E-state index is 0.0592. The zero-order chi connectivity index (χ0) is 14.2. The lowest BCUT2D eigenvalue weighted by Gasteiger charge is -2.47. The maximum atomic E-state index is 11.1. The largest absolute Gasteiger partial charge is 0.384 e. The van der Waals surface area contributed by atoms with Gasteiger partial charge in [0.15, 0.2) is 0 Å². The van der Waals surface area contributed by atoms with Gasteiger partial charge in [0, 0.05) is 24.7 Å². The lowest BCUT2D eigenvalue weighted by molar-refractivity contribution is -0.173. The molecule has 2 fully saturated rings. The number of aliphatic hydroxyl groups is 1. The first-order chi connectivity index (χ1) is 9.54. The average Bonchev–Trinajstić information content (AvgIpc) is 2.87. The molecule has 3 rings (SSSR count). The van der Waals surface area contributed by atoms with Crippen LogP contribution in [0.15, 0.2) is 11.4 Å². The Morgan fingerprint density at radius 1 is 1.35 bits per heavy atom. The molecule has 0 aromatic carbocycles. The highest BCUT2D eigenvalue weighted by Gasteiger charge is 2.46. The predicted octanol–water partition coefficient (Wildman–Crippen LogP) is 3.24. The summed E-state index contributed by atoms with van der Waals surface area (Å²) in [4.78, 5) is 1.12. The van der Waals surface area contributed by atoms with E-state index in [0.717, 1.165) is 50.4 Å². The molecule has 0 aliphatic carbocycles. The smallest absolute Gasteiger partial charge is 0.0992 e. The van der Waals surface area contributed by atoms with Crippen molar-refractivity contribution in [3.8, 4) is 0 Å². The van der Waals surface area contributed by atoms with Crippen LogP contribution in [0.25, 0.3) is 0 Å². The highest BCUT2D eigenvalue weighted by Crippen LogP contribution is 2.46. The van der Waals surface area contributed by atoms with Gasteiger partial charge in [-0.2, -0.15) is 0 Å². The molecule has 1 aromatic rings. The second kappa shape index (κ2) is 5.41. The van der Waals surface area contributed by atoms with Gasteiger partial charge in [-0.25, -0.2) is 0 Å². The number of rotatable bonds is 2. The zero-order valence-corrected chi connectivity index (χ0v) is 13.2. The molecule has 1 aromatic heterocycles. The van der Waals surface area contributed by atoms with Gasteiger partial charge in [0.05, 0.1) is 11.2 Å². The summed E-state index contributed by atoms with van der Waals surface area (Å²) >= 11 is 1.67. The van der Waals surface area contributed by atoms with E-state index in [9.17, 15) is 5.11 Å². The first-order valence-electron chi connectivity index (χ1n) is 7.52. The van der Waals surface area contributed by atoms with Crippen LogP contribution in [0.1, 0.15) is 43.0 Å². The predicted molar refractivity (Wildman–Crippen MR) is 80.1 cm³/mol. The van der Waals surface area contributed by atoms with E-state index in [1.807, 2.05) is 6.92 Å². The molecule has 2 atom stereocenters. The van der Waals surface area contributed by atoms with E-state index < -0.39 is 5.60 Å². The van der Waals surface area contributed by atoms with Crippen LogP contribution in [0.4, 0.5) is 0 Å². The third-order valence-corrected chi connectivity index (χ3v) is 6.26. The molecule has 0 bridgehead atoms. The summed E-state index contributed by atoms with van der Waals surface area (Å²) in [5.41, 5.74) is 0.399. The first-order valence-corrected chi connectivity index (χ1v) is 8.40. The van der Waals surface area contributed by atoms with Gasteiger partial charge in [0.2, 0.25) is 0 Å². The summed E-state index contributed by atoms with van der Waals surface area (Å²) in [5.74, 6) is 0.270. The van der Waals surface area contributed by atoms with Gasteiger partial charge in [0.25, 0.3) is 0 Å². The van der Waals surface area contributed by atoms with Crippen LogP contribution in [0.2, 0.25) is 0 Å². The molecule has 0 radical (unpaired) electrons. The Kier molecular flexibility index (Phi) is 3.93. The monoisotopic (exact) mass is 296 g/mol. The van der Waals surface area contributed by atoms with E-state index in [2.05, 4.69) is 18.4 Å². The molecule has 3 nitrogen and oxygen atoms in total. The summed E-state index contributed by atoms with van der Waals surface area (Å²) in [6.07, 6.45) is 3.81. The molecular weight excluding hydrogens is 272 g/mol. The number of thiophene rings is 1. The molecular formula is C16H24O3S. The minimum atomic E-state index is -0.743. The van der Waals surface area contributed by atoms with E-state index in [1.165, 1.54) is 5.56 Å². The molecule has 2 saturated heterocycles. The van der Waals surface area contributed by atoms with Crippen molar-refractivity contribution in [3.05, 3.63) is 21.9 Å². The van der Waals surface area contributed by atoms with Gasteiger partial charge in [-0.05, 0) is 62.5 Å². The Balaban J connectivity index is 1.81. The van der Waals surface area contributed by atoms with Gasteiger partial charge in [-0.15, -0.1) is 11.3 Å². The summed E-state index contributed by atoms with van der Waals surface area (Å²) < 4.78 is 11.6. The van der Waals surface area contributed by atoms with E-state index in [0.29, 0.717) is 0 Å². The molecule has 20 heavy (non-hydrogen) atoms. The molecule has 1 spiro atoms. The molecule has 1 N–H and O–H groups in total. The number of hydrogen-bond donors (Lipinski definition) is 1. The fraction of sp³-hybridized carbons (Fsp3) is 0.750. The summed E-state index contributed by atoms with van der Waals surface area (Å²) in [5, 5.41) is 13.2. The van der Waals surface area contributed by atoms with Gasteiger partial charge in [-0.3, -0.25) is 0 Å². The minimum Gasteiger partial charge on any atom is -0.384 e. The summed E-state index contributed by atoms with van der Waals surface area (Å²) in [6.45, 7) is 6.39. The molecule has 2 unspecified atom stereocenters. The van der Waals surface area contributed by atoms with Crippen molar-refractivity contribution in [3.63, 3.8) is 0 Å². The normalized spacial score (nSPS) is 29.2. The van der Waals surface area contributed by atoms with Gasteiger partial charge in [-0.1, -0.05) is 0 Å². The number of hydrogen-bond acceptors (Lipinski definition) is 4. The van der Waals surface area contributed by atoms with E-state index >= 15 is 0 Å². The van der Waals surface area contributed by atoms with E-state index in [-0.39, 0.29) is 11.5 Å². The van der Waals surface area contributed by atoms with Crippen LogP contribution in [0.3, 0.4) is 0 Å². The topological polar surface area (TPSA) is 38.7 Å². The van der Waals surface area contributed by atoms with Gasteiger partial charge < -0.3 is 14.6 Å². The Morgan fingerprint density at radius 2 is 2.10 bits per heavy atom. The van der Waals surface area contributed by atoms with Gasteiger partial charge in [0.1, 0.15) is 0 Å². The number of ether oxygens (including phenoxy) is 2. The lowest BCUT2D eigenvalue weighted by atomic mass is 9.73. The Bertz CT molecular complexity index is 455. The van der Waals surface area contributed by atoms with Crippen molar-refractivity contribution in [1.82, 2.24) is 0 Å². The molecule has 0 amide bonds. The molecule has 3 heterocycles. The Morgan fingerprint density at radius 3 is 2.75 bits per heavy atom. The zero-order valence-electron chi connectivity index (χ0n) is 12.4. The van der Waals surface area contributed by atoms with Crippen LogP contribution in [-0.4, -0.2) is 30.5 Å². The second-order valence-electron chi connectivity index (χ2n) is 6.41. The third kappa shape index (κ3) is 2.54. The number of aryl methyl sites for hydroxylation is 1. The fourth-order valence-corrected chi connectivity index (χ4v) is 4.74. The molecule has 112 valence electrons. The standard InChI is InChI=1S/C16H24O3S/c1-12-4-10-20-14(12)15(2,17)13-3-7-19-16(11-13)5-8-18-9-6-16/h4,10,13,17H,3,5-9,11H2,1-2H3. The van der Waals surface area contributed by atoms with Crippen LogP contribution < -0.4 is 0 Å². The van der Waals surface area contributed by atoms with Crippen LogP contribution in [0.5, 0.6) is 0 Å². The van der Waals surface area contributed by atoms with E-state index in [1.54, 1.807) is 11.3 Å². The van der Waals surface area contributed by atoms with Crippen LogP contribution >= 0.6 is 11.3 Å². The Labute approximate surface area is 124 Å². The maximum Gasteiger partial charge on any atom is 0.0992 e. The van der Waals surface area contributed by atoms with Crippen molar-refractivity contribution in [2.24, 2.45) is 5.92 Å². The second-order valence-corrected chi connectivity index (χ2v) is 7.33. The van der Waals surface area contributed by atoms with Crippen LogP contribution in [-0.2, 0) is 15.1 Å². The van der Waals surface area contributed by atoms with Crippen molar-refractivity contribution >= 4 is 11.3 Å².